The third-order valence-corrected chi connectivity index (χ3v) is 11.1. The first-order chi connectivity index (χ1) is 17.1. The molecule has 0 bridgehead atoms. The molecule has 1 N–H and O–H groups in total. The number of fused-ring (bicyclic) bond motifs is 5. The van der Waals surface area contributed by atoms with Crippen LogP contribution in [0.4, 0.5) is 8.78 Å². The van der Waals surface area contributed by atoms with Crippen LogP contribution in [0, 0.1) is 46.8 Å². The van der Waals surface area contributed by atoms with Crippen molar-refractivity contribution < 1.29 is 45.7 Å². The average molecular weight is 547 g/mol. The quantitative estimate of drug-likeness (QED) is 0.374. The largest absolute Gasteiger partial charge is 0.455 e. The molecule has 37 heavy (non-hydrogen) atoms. The van der Waals surface area contributed by atoms with Gasteiger partial charge in [0.2, 0.25) is 0 Å². The second kappa shape index (κ2) is 9.77. The van der Waals surface area contributed by atoms with E-state index in [1.165, 1.54) is 0 Å². The van der Waals surface area contributed by atoms with Gasteiger partial charge in [0, 0.05) is 43.9 Å². The molecule has 208 valence electrons. The Hall–Kier alpha value is -1.75. The summed E-state index contributed by atoms with van der Waals surface area (Å²) in [5.74, 6) is -1.26. The fourth-order valence-electron chi connectivity index (χ4n) is 7.95. The minimum Gasteiger partial charge on any atom is -0.455 e. The predicted molar refractivity (Wildman–Crippen MR) is 127 cm³/mol. The summed E-state index contributed by atoms with van der Waals surface area (Å²) < 4.78 is 62.3. The fourth-order valence-corrected chi connectivity index (χ4v) is 8.42. The van der Waals surface area contributed by atoms with Gasteiger partial charge in [-0.25, -0.2) is 0 Å². The standard InChI is InChI=1S/C26H36F2O8S/c1-13(4-7-22(32)36-14(2)26(27,28)37(33,34)35)17-5-6-18-23(17)21(31)12-19-24(18)20(30)11-15-10-16(29)8-9-25(15,19)3/h13-15,17-19,23-24H,4-12H2,1-3H3,(H,33,34,35)/t13?,14?,15-,17+,18+,19-,23+,24-,25-/m0/s1. The van der Waals surface area contributed by atoms with E-state index in [0.717, 1.165) is 12.8 Å². The summed E-state index contributed by atoms with van der Waals surface area (Å²) in [4.78, 5) is 51.0. The highest BCUT2D eigenvalue weighted by Crippen LogP contribution is 2.62. The van der Waals surface area contributed by atoms with E-state index in [0.29, 0.717) is 39.0 Å². The lowest BCUT2D eigenvalue weighted by Gasteiger charge is -2.56. The minimum absolute atomic E-state index is 0.00424. The molecule has 2 unspecified atom stereocenters. The van der Waals surface area contributed by atoms with Crippen molar-refractivity contribution in [3.8, 4) is 0 Å². The van der Waals surface area contributed by atoms with Gasteiger partial charge in [-0.15, -0.1) is 0 Å². The summed E-state index contributed by atoms with van der Waals surface area (Å²) in [6, 6.07) is 0. The molecule has 0 aromatic carbocycles. The molecule has 9 atom stereocenters. The summed E-state index contributed by atoms with van der Waals surface area (Å²) in [5.41, 5.74) is -0.193. The maximum absolute atomic E-state index is 13.7. The number of esters is 1. The molecule has 0 amide bonds. The molecule has 0 heterocycles. The normalized spacial score (nSPS) is 37.8. The summed E-state index contributed by atoms with van der Waals surface area (Å²) in [5, 5.41) is -4.62. The highest BCUT2D eigenvalue weighted by Gasteiger charge is 2.62. The zero-order valence-electron chi connectivity index (χ0n) is 21.5. The summed E-state index contributed by atoms with van der Waals surface area (Å²) in [6.45, 7) is 4.74. The molecule has 0 spiro atoms. The van der Waals surface area contributed by atoms with Gasteiger partial charge >= 0.3 is 21.3 Å². The number of hydrogen-bond donors (Lipinski definition) is 1. The fraction of sp³-hybridized carbons (Fsp3) is 0.846. The first-order valence-corrected chi connectivity index (χ1v) is 14.6. The molecular weight excluding hydrogens is 510 g/mol. The summed E-state index contributed by atoms with van der Waals surface area (Å²) >= 11 is 0. The Morgan fingerprint density at radius 1 is 1.11 bits per heavy atom. The predicted octanol–water partition coefficient (Wildman–Crippen LogP) is 4.01. The Balaban J connectivity index is 1.40. The lowest BCUT2D eigenvalue weighted by Crippen LogP contribution is -2.57. The summed E-state index contributed by atoms with van der Waals surface area (Å²) in [6.07, 6.45) is 1.47. The third-order valence-electron chi connectivity index (χ3n) is 10.1. The zero-order chi connectivity index (χ0) is 27.5. The first kappa shape index (κ1) is 28.3. The van der Waals surface area contributed by atoms with Crippen molar-refractivity contribution in [3.05, 3.63) is 0 Å². The second-order valence-corrected chi connectivity index (χ2v) is 13.5. The number of hydrogen-bond acceptors (Lipinski definition) is 7. The van der Waals surface area contributed by atoms with Crippen molar-refractivity contribution >= 4 is 33.4 Å². The van der Waals surface area contributed by atoms with E-state index < -0.39 is 27.4 Å². The molecule has 4 rings (SSSR count). The molecule has 0 saturated heterocycles. The molecule has 0 aromatic heterocycles. The maximum Gasteiger partial charge on any atom is 0.405 e. The maximum atomic E-state index is 13.7. The third kappa shape index (κ3) is 4.90. The SMILES string of the molecule is CC(CCC(=O)OC(C)C(F)(F)S(=O)(=O)O)[C@H]1CC[C@@H]2[C@@H]1C(=O)C[C@H]1[C@H]2C(=O)C[C@@H]2CC(=O)CC[C@@]21C. The van der Waals surface area contributed by atoms with Crippen LogP contribution < -0.4 is 0 Å². The molecule has 4 fully saturated rings. The molecule has 4 aliphatic rings. The van der Waals surface area contributed by atoms with Crippen LogP contribution in [0.15, 0.2) is 0 Å². The van der Waals surface area contributed by atoms with Crippen molar-refractivity contribution in [2.45, 2.75) is 89.9 Å². The van der Waals surface area contributed by atoms with Gasteiger partial charge in [-0.3, -0.25) is 23.7 Å². The number of halogens is 2. The smallest absolute Gasteiger partial charge is 0.405 e. The first-order valence-electron chi connectivity index (χ1n) is 13.2. The minimum atomic E-state index is -5.73. The van der Waals surface area contributed by atoms with Crippen LogP contribution in [0.1, 0.15) is 78.6 Å². The number of ketones is 3. The van der Waals surface area contributed by atoms with Crippen molar-refractivity contribution in [1.82, 2.24) is 0 Å². The Morgan fingerprint density at radius 2 is 1.76 bits per heavy atom. The van der Waals surface area contributed by atoms with E-state index in [-0.39, 0.29) is 77.0 Å². The van der Waals surface area contributed by atoms with Crippen LogP contribution in [0.2, 0.25) is 0 Å². The van der Waals surface area contributed by atoms with Crippen LogP contribution in [0.25, 0.3) is 0 Å². The highest BCUT2D eigenvalue weighted by molar-refractivity contribution is 7.86. The zero-order valence-corrected chi connectivity index (χ0v) is 22.3. The van der Waals surface area contributed by atoms with E-state index >= 15 is 0 Å². The Labute approximate surface area is 216 Å². The van der Waals surface area contributed by atoms with Gasteiger partial charge in [0.25, 0.3) is 0 Å². The molecule has 0 aromatic rings. The second-order valence-electron chi connectivity index (χ2n) is 12.0. The molecule has 0 aliphatic heterocycles. The molecule has 11 heteroatoms. The van der Waals surface area contributed by atoms with E-state index in [4.69, 9.17) is 4.55 Å². The lowest BCUT2D eigenvalue weighted by molar-refractivity contribution is -0.160. The topological polar surface area (TPSA) is 132 Å². The van der Waals surface area contributed by atoms with Gasteiger partial charge in [0.1, 0.15) is 17.3 Å². The van der Waals surface area contributed by atoms with Gasteiger partial charge < -0.3 is 4.74 Å². The van der Waals surface area contributed by atoms with E-state index in [2.05, 4.69) is 11.7 Å². The number of ether oxygens (including phenoxy) is 1. The van der Waals surface area contributed by atoms with Gasteiger partial charge in [-0.1, -0.05) is 13.8 Å². The van der Waals surface area contributed by atoms with Gasteiger partial charge in [0.15, 0.2) is 6.10 Å². The van der Waals surface area contributed by atoms with E-state index in [1.54, 1.807) is 0 Å². The van der Waals surface area contributed by atoms with Crippen molar-refractivity contribution in [1.29, 1.82) is 0 Å². The number of rotatable bonds is 7. The van der Waals surface area contributed by atoms with Crippen molar-refractivity contribution in [2.75, 3.05) is 0 Å². The van der Waals surface area contributed by atoms with E-state index in [1.807, 2.05) is 6.92 Å². The Morgan fingerprint density at radius 3 is 2.41 bits per heavy atom. The Bertz CT molecular complexity index is 1090. The number of Topliss-reactive ketones (excluding diaryl/α,β-unsaturated/α-hetero) is 3. The highest BCUT2D eigenvalue weighted by atomic mass is 32.2. The summed E-state index contributed by atoms with van der Waals surface area (Å²) in [7, 11) is -5.73. The van der Waals surface area contributed by atoms with Gasteiger partial charge in [-0.2, -0.15) is 17.2 Å². The van der Waals surface area contributed by atoms with Crippen LogP contribution in [0.3, 0.4) is 0 Å². The lowest BCUT2D eigenvalue weighted by atomic mass is 9.46. The number of carbonyl (C=O) groups excluding carboxylic acids is 4. The van der Waals surface area contributed by atoms with Crippen LogP contribution in [0.5, 0.6) is 0 Å². The van der Waals surface area contributed by atoms with E-state index in [9.17, 15) is 36.4 Å². The van der Waals surface area contributed by atoms with Crippen LogP contribution in [-0.2, 0) is 34.0 Å². The molecule has 4 saturated carbocycles. The van der Waals surface area contributed by atoms with Gasteiger partial charge in [0.05, 0.1) is 0 Å². The molecule has 4 aliphatic carbocycles. The van der Waals surface area contributed by atoms with Crippen molar-refractivity contribution in [2.24, 2.45) is 46.8 Å². The average Bonchev–Trinajstić information content (AvgIpc) is 3.24. The molecule has 8 nitrogen and oxygen atoms in total. The Kier molecular flexibility index (Phi) is 7.46. The van der Waals surface area contributed by atoms with Gasteiger partial charge in [-0.05, 0) is 67.6 Å². The van der Waals surface area contributed by atoms with Crippen LogP contribution in [-0.4, -0.2) is 47.6 Å². The monoisotopic (exact) mass is 546 g/mol. The number of alkyl halides is 2. The van der Waals surface area contributed by atoms with Crippen molar-refractivity contribution in [3.63, 3.8) is 0 Å². The van der Waals surface area contributed by atoms with Crippen LogP contribution >= 0.6 is 0 Å². The number of carbonyl (C=O) groups is 4. The molecular formula is C26H36F2O8S. The molecule has 0 radical (unpaired) electrons.